The number of likely N-dealkylation sites (N-methyl/N-ethyl adjacent to an activating group) is 1. The third kappa shape index (κ3) is 2.97. The fraction of sp³-hybridized carbons (Fsp3) is 1.00. The van der Waals surface area contributed by atoms with E-state index in [2.05, 4.69) is 17.3 Å². The molecule has 0 aromatic carbocycles. The SMILES string of the molecule is CNCC1CCCN1C1CCOC2(CCOCC2)C1. The van der Waals surface area contributed by atoms with Crippen LogP contribution in [0, 0.1) is 0 Å². The monoisotopic (exact) mass is 268 g/mol. The first-order valence-corrected chi connectivity index (χ1v) is 7.95. The van der Waals surface area contributed by atoms with Crippen LogP contribution >= 0.6 is 0 Å². The van der Waals surface area contributed by atoms with Crippen molar-refractivity contribution in [2.75, 3.05) is 40.0 Å². The van der Waals surface area contributed by atoms with Crippen LogP contribution in [0.5, 0.6) is 0 Å². The Labute approximate surface area is 116 Å². The lowest BCUT2D eigenvalue weighted by Gasteiger charge is -2.46. The topological polar surface area (TPSA) is 33.7 Å². The maximum atomic E-state index is 6.17. The zero-order valence-corrected chi connectivity index (χ0v) is 12.2. The molecule has 0 radical (unpaired) electrons. The maximum Gasteiger partial charge on any atom is 0.0741 e. The van der Waals surface area contributed by atoms with Gasteiger partial charge in [0.05, 0.1) is 5.60 Å². The summed E-state index contributed by atoms with van der Waals surface area (Å²) in [5.41, 5.74) is 0.133. The van der Waals surface area contributed by atoms with E-state index >= 15 is 0 Å². The standard InChI is InChI=1S/C15H28N2O2/c1-16-12-14-3-2-7-17(14)13-4-8-19-15(11-13)5-9-18-10-6-15/h13-14,16H,2-12H2,1H3. The van der Waals surface area contributed by atoms with Gasteiger partial charge in [0.25, 0.3) is 0 Å². The van der Waals surface area contributed by atoms with Crippen LogP contribution in [0.2, 0.25) is 0 Å². The van der Waals surface area contributed by atoms with Gasteiger partial charge >= 0.3 is 0 Å². The van der Waals surface area contributed by atoms with Gasteiger partial charge in [-0.2, -0.15) is 0 Å². The molecule has 3 rings (SSSR count). The van der Waals surface area contributed by atoms with Gasteiger partial charge in [-0.05, 0) is 52.1 Å². The van der Waals surface area contributed by atoms with Crippen molar-refractivity contribution in [3.63, 3.8) is 0 Å². The van der Waals surface area contributed by atoms with Crippen LogP contribution in [0.3, 0.4) is 0 Å². The van der Waals surface area contributed by atoms with Gasteiger partial charge in [-0.3, -0.25) is 4.90 Å². The summed E-state index contributed by atoms with van der Waals surface area (Å²) < 4.78 is 11.7. The van der Waals surface area contributed by atoms with Crippen LogP contribution in [0.1, 0.15) is 38.5 Å². The van der Waals surface area contributed by atoms with E-state index in [1.807, 2.05) is 0 Å². The number of nitrogens with one attached hydrogen (secondary N) is 1. The first-order chi connectivity index (χ1) is 9.33. The number of rotatable bonds is 3. The molecule has 0 aromatic rings. The smallest absolute Gasteiger partial charge is 0.0741 e. The van der Waals surface area contributed by atoms with Crippen LogP contribution in [-0.4, -0.2) is 62.5 Å². The Bertz CT molecular complexity index is 286. The lowest BCUT2D eigenvalue weighted by Crippen LogP contribution is -2.53. The predicted octanol–water partition coefficient (Wildman–Crippen LogP) is 1.40. The van der Waals surface area contributed by atoms with E-state index in [1.165, 1.54) is 32.2 Å². The fourth-order valence-corrected chi connectivity index (χ4v) is 4.17. The van der Waals surface area contributed by atoms with Gasteiger partial charge in [-0.15, -0.1) is 0 Å². The molecule has 1 spiro atoms. The molecule has 0 bridgehead atoms. The quantitative estimate of drug-likeness (QED) is 0.839. The molecule has 0 saturated carbocycles. The fourth-order valence-electron chi connectivity index (χ4n) is 4.17. The molecule has 3 fully saturated rings. The van der Waals surface area contributed by atoms with E-state index < -0.39 is 0 Å². The molecule has 2 unspecified atom stereocenters. The summed E-state index contributed by atoms with van der Waals surface area (Å²) in [6.07, 6.45) is 7.33. The highest BCUT2D eigenvalue weighted by molar-refractivity contribution is 4.95. The molecule has 3 aliphatic rings. The zero-order valence-electron chi connectivity index (χ0n) is 12.2. The van der Waals surface area contributed by atoms with Crippen molar-refractivity contribution >= 4 is 0 Å². The van der Waals surface area contributed by atoms with E-state index in [-0.39, 0.29) is 5.60 Å². The molecule has 1 N–H and O–H groups in total. The minimum absolute atomic E-state index is 0.133. The molecule has 0 aliphatic carbocycles. The summed E-state index contributed by atoms with van der Waals surface area (Å²) in [4.78, 5) is 2.76. The molecular weight excluding hydrogens is 240 g/mol. The second-order valence-corrected chi connectivity index (χ2v) is 6.38. The first-order valence-electron chi connectivity index (χ1n) is 7.95. The van der Waals surface area contributed by atoms with Gasteiger partial charge in [0.15, 0.2) is 0 Å². The number of hydrogen-bond acceptors (Lipinski definition) is 4. The van der Waals surface area contributed by atoms with Gasteiger partial charge in [0.1, 0.15) is 0 Å². The van der Waals surface area contributed by atoms with Crippen LogP contribution < -0.4 is 5.32 Å². The summed E-state index contributed by atoms with van der Waals surface area (Å²) in [5.74, 6) is 0. The van der Waals surface area contributed by atoms with Gasteiger partial charge in [-0.1, -0.05) is 0 Å². The summed E-state index contributed by atoms with van der Waals surface area (Å²) in [7, 11) is 2.07. The summed E-state index contributed by atoms with van der Waals surface area (Å²) in [6, 6.07) is 1.47. The number of ether oxygens (including phenoxy) is 2. The predicted molar refractivity (Wildman–Crippen MR) is 75.4 cm³/mol. The lowest BCUT2D eigenvalue weighted by atomic mass is 9.83. The van der Waals surface area contributed by atoms with Crippen molar-refractivity contribution in [1.29, 1.82) is 0 Å². The molecule has 0 aromatic heterocycles. The maximum absolute atomic E-state index is 6.17. The van der Waals surface area contributed by atoms with Crippen molar-refractivity contribution < 1.29 is 9.47 Å². The largest absolute Gasteiger partial charge is 0.381 e. The van der Waals surface area contributed by atoms with Gasteiger partial charge in [0.2, 0.25) is 0 Å². The highest BCUT2D eigenvalue weighted by Crippen LogP contribution is 2.37. The molecule has 19 heavy (non-hydrogen) atoms. The molecule has 2 atom stereocenters. The Morgan fingerprint density at radius 2 is 2.05 bits per heavy atom. The van der Waals surface area contributed by atoms with E-state index in [0.29, 0.717) is 0 Å². The lowest BCUT2D eigenvalue weighted by molar-refractivity contribution is -0.152. The summed E-state index contributed by atoms with van der Waals surface area (Å²) in [6.45, 7) is 5.11. The average molecular weight is 268 g/mol. The Morgan fingerprint density at radius 1 is 1.21 bits per heavy atom. The van der Waals surface area contributed by atoms with Gasteiger partial charge in [-0.25, -0.2) is 0 Å². The molecular formula is C15H28N2O2. The minimum Gasteiger partial charge on any atom is -0.381 e. The second-order valence-electron chi connectivity index (χ2n) is 6.38. The molecule has 3 heterocycles. The molecule has 3 saturated heterocycles. The Hall–Kier alpha value is -0.160. The van der Waals surface area contributed by atoms with Crippen LogP contribution in [-0.2, 0) is 9.47 Å². The van der Waals surface area contributed by atoms with Gasteiger partial charge in [0, 0.05) is 38.4 Å². The summed E-state index contributed by atoms with van der Waals surface area (Å²) in [5, 5.41) is 3.36. The van der Waals surface area contributed by atoms with E-state index in [4.69, 9.17) is 9.47 Å². The third-order valence-corrected chi connectivity index (χ3v) is 5.20. The molecule has 4 nitrogen and oxygen atoms in total. The highest BCUT2D eigenvalue weighted by Gasteiger charge is 2.42. The molecule has 110 valence electrons. The van der Waals surface area contributed by atoms with Crippen molar-refractivity contribution in [3.8, 4) is 0 Å². The van der Waals surface area contributed by atoms with E-state index in [9.17, 15) is 0 Å². The average Bonchev–Trinajstić information content (AvgIpc) is 2.88. The number of hydrogen-bond donors (Lipinski definition) is 1. The van der Waals surface area contributed by atoms with Crippen LogP contribution in [0.25, 0.3) is 0 Å². The highest BCUT2D eigenvalue weighted by atomic mass is 16.5. The Morgan fingerprint density at radius 3 is 2.84 bits per heavy atom. The number of nitrogens with zero attached hydrogens (tertiary/aromatic N) is 1. The normalized spacial score (nSPS) is 35.8. The number of likely N-dealkylation sites (tertiary alicyclic amines) is 1. The Kier molecular flexibility index (Phi) is 4.42. The summed E-state index contributed by atoms with van der Waals surface area (Å²) >= 11 is 0. The second kappa shape index (κ2) is 6.08. The molecule has 4 heteroatoms. The van der Waals surface area contributed by atoms with Gasteiger partial charge < -0.3 is 14.8 Å². The third-order valence-electron chi connectivity index (χ3n) is 5.20. The zero-order chi connectivity index (χ0) is 13.1. The minimum atomic E-state index is 0.133. The van der Waals surface area contributed by atoms with Crippen molar-refractivity contribution in [3.05, 3.63) is 0 Å². The van der Waals surface area contributed by atoms with Crippen molar-refractivity contribution in [2.24, 2.45) is 0 Å². The van der Waals surface area contributed by atoms with Crippen LogP contribution in [0.15, 0.2) is 0 Å². The van der Waals surface area contributed by atoms with Crippen molar-refractivity contribution in [1.82, 2.24) is 10.2 Å². The van der Waals surface area contributed by atoms with Crippen molar-refractivity contribution in [2.45, 2.75) is 56.2 Å². The van der Waals surface area contributed by atoms with E-state index in [0.717, 1.165) is 51.3 Å². The first kappa shape index (κ1) is 13.8. The van der Waals surface area contributed by atoms with Crippen LogP contribution in [0.4, 0.5) is 0 Å². The molecule has 3 aliphatic heterocycles. The molecule has 0 amide bonds. The Balaban J connectivity index is 1.64. The van der Waals surface area contributed by atoms with E-state index in [1.54, 1.807) is 0 Å².